The van der Waals surface area contributed by atoms with E-state index in [1.807, 2.05) is 6.07 Å². The number of aromatic amines is 1. The van der Waals surface area contributed by atoms with Crippen LogP contribution in [0.5, 0.6) is 0 Å². The van der Waals surface area contributed by atoms with Crippen molar-refractivity contribution in [3.63, 3.8) is 0 Å². The molecule has 192 valence electrons. The van der Waals surface area contributed by atoms with E-state index in [4.69, 9.17) is 5.26 Å². The highest BCUT2D eigenvalue weighted by molar-refractivity contribution is 7.18. The average molecular weight is 525 g/mol. The number of thiophene rings is 1. The van der Waals surface area contributed by atoms with Gasteiger partial charge in [-0.15, -0.1) is 11.3 Å². The van der Waals surface area contributed by atoms with Crippen LogP contribution in [0.15, 0.2) is 36.7 Å². The van der Waals surface area contributed by atoms with Gasteiger partial charge < -0.3 is 9.88 Å². The second-order valence-corrected chi connectivity index (χ2v) is 11.5. The fourth-order valence-corrected chi connectivity index (χ4v) is 6.92. The number of aromatic nitrogens is 3. The molecule has 2 aliphatic rings. The first-order valence-corrected chi connectivity index (χ1v) is 13.4. The minimum absolute atomic E-state index is 0.283. The lowest BCUT2D eigenvalue weighted by molar-refractivity contribution is -0.126. The van der Waals surface area contributed by atoms with Crippen molar-refractivity contribution >= 4 is 38.3 Å². The second-order valence-electron chi connectivity index (χ2n) is 10.4. The summed E-state index contributed by atoms with van der Waals surface area (Å²) in [7, 11) is 0. The van der Waals surface area contributed by atoms with Gasteiger partial charge in [-0.2, -0.15) is 18.4 Å². The Bertz CT molecular complexity index is 1470. The van der Waals surface area contributed by atoms with Crippen molar-refractivity contribution in [2.75, 3.05) is 31.1 Å². The van der Waals surface area contributed by atoms with E-state index in [-0.39, 0.29) is 4.88 Å². The molecule has 3 aromatic heterocycles. The number of halogens is 3. The standard InChI is InChI=1S/C27H27F3N6S/c28-27(29,30)14-21-13-22-24(32-17-33-25(22)37-21)36-9-5-26(6-10-36)3-7-35(8-4-26)16-18-1-2-19-12-20(15-31)34-23(19)11-18/h1-2,11-13,17,34H,3-10,14,16H2. The maximum Gasteiger partial charge on any atom is 0.393 e. The Morgan fingerprint density at radius 1 is 1.03 bits per heavy atom. The van der Waals surface area contributed by atoms with E-state index in [0.717, 1.165) is 91.9 Å². The highest BCUT2D eigenvalue weighted by atomic mass is 32.1. The zero-order chi connectivity index (χ0) is 25.6. The molecule has 1 spiro atoms. The van der Waals surface area contributed by atoms with Gasteiger partial charge in [-0.3, -0.25) is 4.90 Å². The number of alkyl halides is 3. The van der Waals surface area contributed by atoms with Crippen molar-refractivity contribution < 1.29 is 13.2 Å². The van der Waals surface area contributed by atoms with E-state index < -0.39 is 12.6 Å². The molecule has 6 rings (SSSR count). The summed E-state index contributed by atoms with van der Waals surface area (Å²) >= 11 is 1.11. The van der Waals surface area contributed by atoms with Gasteiger partial charge in [0.1, 0.15) is 28.7 Å². The molecule has 0 atom stereocenters. The Morgan fingerprint density at radius 2 is 1.78 bits per heavy atom. The van der Waals surface area contributed by atoms with Crippen molar-refractivity contribution in [2.24, 2.45) is 5.41 Å². The van der Waals surface area contributed by atoms with Gasteiger partial charge in [0.25, 0.3) is 0 Å². The number of anilines is 1. The highest BCUT2D eigenvalue weighted by Gasteiger charge is 2.38. The first-order chi connectivity index (χ1) is 17.8. The lowest BCUT2D eigenvalue weighted by Crippen LogP contribution is -2.46. The van der Waals surface area contributed by atoms with Gasteiger partial charge in [0, 0.05) is 35.4 Å². The van der Waals surface area contributed by atoms with Crippen LogP contribution in [0, 0.1) is 16.7 Å². The van der Waals surface area contributed by atoms with Crippen LogP contribution in [0.1, 0.15) is 41.8 Å². The first-order valence-electron chi connectivity index (χ1n) is 12.6. The normalized spacial score (nSPS) is 18.6. The molecule has 2 fully saturated rings. The van der Waals surface area contributed by atoms with Crippen LogP contribution in [0.3, 0.4) is 0 Å². The number of nitrogens with one attached hydrogen (secondary N) is 1. The largest absolute Gasteiger partial charge is 0.393 e. The number of benzene rings is 1. The van der Waals surface area contributed by atoms with Crippen molar-refractivity contribution in [1.29, 1.82) is 5.26 Å². The Morgan fingerprint density at radius 3 is 2.51 bits per heavy atom. The maximum atomic E-state index is 12.9. The number of hydrogen-bond donors (Lipinski definition) is 1. The second kappa shape index (κ2) is 9.30. The van der Waals surface area contributed by atoms with E-state index in [2.05, 4.69) is 49.0 Å². The molecule has 10 heteroatoms. The third-order valence-corrected chi connectivity index (χ3v) is 9.03. The highest BCUT2D eigenvalue weighted by Crippen LogP contribution is 2.43. The van der Waals surface area contributed by atoms with E-state index in [1.165, 1.54) is 11.9 Å². The first kappa shape index (κ1) is 24.2. The minimum atomic E-state index is -4.23. The van der Waals surface area contributed by atoms with Gasteiger partial charge in [0.2, 0.25) is 0 Å². The van der Waals surface area contributed by atoms with E-state index >= 15 is 0 Å². The fourth-order valence-electron chi connectivity index (χ4n) is 5.90. The summed E-state index contributed by atoms with van der Waals surface area (Å²) in [6.07, 6.45) is 0.757. The van der Waals surface area contributed by atoms with Gasteiger partial charge in [-0.25, -0.2) is 9.97 Å². The molecule has 1 aromatic carbocycles. The molecule has 0 amide bonds. The molecular weight excluding hydrogens is 497 g/mol. The molecule has 37 heavy (non-hydrogen) atoms. The molecule has 2 saturated heterocycles. The lowest BCUT2D eigenvalue weighted by Gasteiger charge is -2.47. The number of piperidine rings is 2. The molecule has 4 aromatic rings. The van der Waals surface area contributed by atoms with Gasteiger partial charge >= 0.3 is 6.18 Å². The zero-order valence-corrected chi connectivity index (χ0v) is 21.1. The summed E-state index contributed by atoms with van der Waals surface area (Å²) in [5.41, 5.74) is 3.16. The minimum Gasteiger partial charge on any atom is -0.356 e. The number of rotatable bonds is 4. The smallest absolute Gasteiger partial charge is 0.356 e. The van der Waals surface area contributed by atoms with Crippen molar-refractivity contribution in [2.45, 2.75) is 44.8 Å². The van der Waals surface area contributed by atoms with Gasteiger partial charge in [-0.05, 0) is 68.0 Å². The molecule has 0 saturated carbocycles. The monoisotopic (exact) mass is 524 g/mol. The predicted molar refractivity (Wildman–Crippen MR) is 139 cm³/mol. The number of H-pyrrole nitrogens is 1. The summed E-state index contributed by atoms with van der Waals surface area (Å²) in [6.45, 7) is 4.73. The van der Waals surface area contributed by atoms with Gasteiger partial charge in [0.15, 0.2) is 0 Å². The SMILES string of the molecule is N#Cc1cc2ccc(CN3CCC4(CC3)CCN(c3ncnc5sc(CC(F)(F)F)cc35)CC4)cc2[nH]1. The molecule has 5 heterocycles. The van der Waals surface area contributed by atoms with Crippen LogP contribution in [0.4, 0.5) is 19.0 Å². The Labute approximate surface area is 216 Å². The van der Waals surface area contributed by atoms with Crippen LogP contribution in [0.2, 0.25) is 0 Å². The summed E-state index contributed by atoms with van der Waals surface area (Å²) in [6, 6.07) is 12.0. The fraction of sp³-hybridized carbons (Fsp3) is 0.444. The molecule has 0 bridgehead atoms. The average Bonchev–Trinajstić information content (AvgIpc) is 3.48. The summed E-state index contributed by atoms with van der Waals surface area (Å²) < 4.78 is 38.7. The van der Waals surface area contributed by atoms with Crippen LogP contribution in [-0.2, 0) is 13.0 Å². The zero-order valence-electron chi connectivity index (χ0n) is 20.3. The predicted octanol–water partition coefficient (Wildman–Crippen LogP) is 6.03. The summed E-state index contributed by atoms with van der Waals surface area (Å²) in [5, 5.41) is 10.9. The Kier molecular flexibility index (Phi) is 6.08. The number of nitrogens with zero attached hydrogens (tertiary/aromatic N) is 5. The molecule has 0 unspecified atom stereocenters. The number of fused-ring (bicyclic) bond motifs is 2. The molecule has 0 aliphatic carbocycles. The van der Waals surface area contributed by atoms with E-state index in [1.54, 1.807) is 6.07 Å². The molecule has 6 nitrogen and oxygen atoms in total. The summed E-state index contributed by atoms with van der Waals surface area (Å²) in [5.74, 6) is 0.765. The number of nitriles is 1. The van der Waals surface area contributed by atoms with Gasteiger partial charge in [0.05, 0.1) is 11.8 Å². The molecule has 2 aliphatic heterocycles. The van der Waals surface area contributed by atoms with Crippen LogP contribution < -0.4 is 4.90 Å². The Hall–Kier alpha value is -3.16. The van der Waals surface area contributed by atoms with E-state index in [0.29, 0.717) is 15.9 Å². The van der Waals surface area contributed by atoms with Crippen LogP contribution >= 0.6 is 11.3 Å². The third kappa shape index (κ3) is 5.03. The van der Waals surface area contributed by atoms with E-state index in [9.17, 15) is 13.2 Å². The van der Waals surface area contributed by atoms with Crippen LogP contribution in [0.25, 0.3) is 21.1 Å². The number of hydrogen-bond acceptors (Lipinski definition) is 6. The van der Waals surface area contributed by atoms with Gasteiger partial charge in [-0.1, -0.05) is 12.1 Å². The van der Waals surface area contributed by atoms with Crippen molar-refractivity contribution in [3.8, 4) is 6.07 Å². The van der Waals surface area contributed by atoms with Crippen molar-refractivity contribution in [1.82, 2.24) is 19.9 Å². The summed E-state index contributed by atoms with van der Waals surface area (Å²) in [4.78, 5) is 17.5. The molecule has 1 N–H and O–H groups in total. The quantitative estimate of drug-likeness (QED) is 0.353. The topological polar surface area (TPSA) is 71.8 Å². The Balaban J connectivity index is 1.07. The number of likely N-dealkylation sites (tertiary alicyclic amines) is 1. The lowest BCUT2D eigenvalue weighted by atomic mass is 9.71. The van der Waals surface area contributed by atoms with Crippen molar-refractivity contribution in [3.05, 3.63) is 52.8 Å². The van der Waals surface area contributed by atoms with Crippen LogP contribution in [-0.4, -0.2) is 52.2 Å². The maximum absolute atomic E-state index is 12.9. The third-order valence-electron chi connectivity index (χ3n) is 7.99. The molecule has 0 radical (unpaired) electrons. The molecular formula is C27H27F3N6S.